The standard InChI is InChI=1S/C22H27FN2O3/c1-27-13-14-28-21-8-3-2-7-20(21)24-22(26)25-11-9-17(10-12-25)15-18-5-4-6-19(23)16-18/h2-8,16-17H,9-15H2,1H3,(H,24,26). The van der Waals surface area contributed by atoms with E-state index in [1.807, 2.05) is 35.2 Å². The van der Waals surface area contributed by atoms with Gasteiger partial charge in [-0.25, -0.2) is 9.18 Å². The highest BCUT2D eigenvalue weighted by atomic mass is 19.1. The first kappa shape index (κ1) is 20.1. The van der Waals surface area contributed by atoms with Crippen molar-refractivity contribution in [3.8, 4) is 5.75 Å². The molecule has 0 unspecified atom stereocenters. The van der Waals surface area contributed by atoms with Crippen LogP contribution in [0, 0.1) is 11.7 Å². The van der Waals surface area contributed by atoms with Crippen LogP contribution in [0.5, 0.6) is 5.75 Å². The van der Waals surface area contributed by atoms with Crippen LogP contribution in [-0.4, -0.2) is 44.3 Å². The molecule has 6 heteroatoms. The summed E-state index contributed by atoms with van der Waals surface area (Å²) >= 11 is 0. The Kier molecular flexibility index (Phi) is 7.25. The van der Waals surface area contributed by atoms with E-state index in [0.717, 1.165) is 24.8 Å². The van der Waals surface area contributed by atoms with Crippen molar-refractivity contribution in [2.75, 3.05) is 38.7 Å². The summed E-state index contributed by atoms with van der Waals surface area (Å²) in [5, 5.41) is 2.95. The number of carbonyl (C=O) groups excluding carboxylic acids is 1. The minimum absolute atomic E-state index is 0.119. The summed E-state index contributed by atoms with van der Waals surface area (Å²) in [6.45, 7) is 2.30. The van der Waals surface area contributed by atoms with E-state index in [1.54, 1.807) is 19.2 Å². The van der Waals surface area contributed by atoms with Gasteiger partial charge >= 0.3 is 6.03 Å². The van der Waals surface area contributed by atoms with E-state index >= 15 is 0 Å². The number of halogens is 1. The SMILES string of the molecule is COCCOc1ccccc1NC(=O)N1CCC(Cc2cccc(F)c2)CC1. The average molecular weight is 386 g/mol. The van der Waals surface area contributed by atoms with Crippen molar-refractivity contribution in [2.24, 2.45) is 5.92 Å². The van der Waals surface area contributed by atoms with Gasteiger partial charge in [0.25, 0.3) is 0 Å². The van der Waals surface area contributed by atoms with Gasteiger partial charge in [-0.2, -0.15) is 0 Å². The first-order valence-corrected chi connectivity index (χ1v) is 9.67. The highest BCUT2D eigenvalue weighted by Gasteiger charge is 2.23. The summed E-state index contributed by atoms with van der Waals surface area (Å²) in [4.78, 5) is 14.5. The second-order valence-electron chi connectivity index (χ2n) is 7.03. The number of benzene rings is 2. The van der Waals surface area contributed by atoms with Crippen molar-refractivity contribution in [3.63, 3.8) is 0 Å². The zero-order valence-electron chi connectivity index (χ0n) is 16.2. The van der Waals surface area contributed by atoms with Crippen molar-refractivity contribution >= 4 is 11.7 Å². The normalized spacial score (nSPS) is 14.7. The van der Waals surface area contributed by atoms with E-state index in [0.29, 0.717) is 43.7 Å². The van der Waals surface area contributed by atoms with Crippen molar-refractivity contribution in [3.05, 3.63) is 59.9 Å². The number of piperidine rings is 1. The van der Waals surface area contributed by atoms with E-state index < -0.39 is 0 Å². The highest BCUT2D eigenvalue weighted by molar-refractivity contribution is 5.91. The molecular weight excluding hydrogens is 359 g/mol. The molecule has 1 N–H and O–H groups in total. The smallest absolute Gasteiger partial charge is 0.321 e. The van der Waals surface area contributed by atoms with Crippen molar-refractivity contribution in [2.45, 2.75) is 19.3 Å². The Morgan fingerprint density at radius 3 is 2.68 bits per heavy atom. The molecule has 2 aromatic rings. The molecule has 150 valence electrons. The van der Waals surface area contributed by atoms with E-state index in [-0.39, 0.29) is 11.8 Å². The molecular formula is C22H27FN2O3. The molecule has 28 heavy (non-hydrogen) atoms. The highest BCUT2D eigenvalue weighted by Crippen LogP contribution is 2.26. The van der Waals surface area contributed by atoms with Crippen LogP contribution in [0.1, 0.15) is 18.4 Å². The zero-order chi connectivity index (χ0) is 19.8. The fourth-order valence-corrected chi connectivity index (χ4v) is 3.46. The number of ether oxygens (including phenoxy) is 2. The predicted molar refractivity (Wildman–Crippen MR) is 107 cm³/mol. The second kappa shape index (κ2) is 10.1. The number of hydrogen-bond acceptors (Lipinski definition) is 3. The summed E-state index contributed by atoms with van der Waals surface area (Å²) in [6, 6.07) is 14.1. The quantitative estimate of drug-likeness (QED) is 0.721. The maximum atomic E-state index is 13.3. The number of carbonyl (C=O) groups is 1. The molecule has 1 saturated heterocycles. The Bertz CT molecular complexity index is 776. The molecule has 0 saturated carbocycles. The molecule has 5 nitrogen and oxygen atoms in total. The van der Waals surface area contributed by atoms with Gasteiger partial charge in [-0.15, -0.1) is 0 Å². The molecule has 1 aliphatic rings. The maximum Gasteiger partial charge on any atom is 0.321 e. The molecule has 3 rings (SSSR count). The van der Waals surface area contributed by atoms with Crippen molar-refractivity contribution in [1.82, 2.24) is 4.90 Å². The van der Waals surface area contributed by atoms with Crippen LogP contribution in [0.4, 0.5) is 14.9 Å². The summed E-state index contributed by atoms with van der Waals surface area (Å²) in [5.74, 6) is 0.908. The molecule has 2 aromatic carbocycles. The fraction of sp³-hybridized carbons (Fsp3) is 0.409. The lowest BCUT2D eigenvalue weighted by atomic mass is 9.90. The number of methoxy groups -OCH3 is 1. The van der Waals surface area contributed by atoms with Crippen LogP contribution in [-0.2, 0) is 11.2 Å². The van der Waals surface area contributed by atoms with Gasteiger partial charge in [0, 0.05) is 20.2 Å². The molecule has 1 aliphatic heterocycles. The maximum absolute atomic E-state index is 13.3. The monoisotopic (exact) mass is 386 g/mol. The van der Waals surface area contributed by atoms with Crippen LogP contribution in [0.25, 0.3) is 0 Å². The summed E-state index contributed by atoms with van der Waals surface area (Å²) in [5.41, 5.74) is 1.68. The topological polar surface area (TPSA) is 50.8 Å². The average Bonchev–Trinajstić information content (AvgIpc) is 2.70. The van der Waals surface area contributed by atoms with Gasteiger partial charge in [0.2, 0.25) is 0 Å². The van der Waals surface area contributed by atoms with Crippen LogP contribution in [0.15, 0.2) is 48.5 Å². The second-order valence-corrected chi connectivity index (χ2v) is 7.03. The van der Waals surface area contributed by atoms with Crippen LogP contribution in [0.3, 0.4) is 0 Å². The number of anilines is 1. The Balaban J connectivity index is 1.50. The van der Waals surface area contributed by atoms with Gasteiger partial charge < -0.3 is 19.7 Å². The van der Waals surface area contributed by atoms with Gasteiger partial charge in [-0.05, 0) is 55.0 Å². The first-order valence-electron chi connectivity index (χ1n) is 9.67. The van der Waals surface area contributed by atoms with Gasteiger partial charge in [-0.3, -0.25) is 0 Å². The van der Waals surface area contributed by atoms with Crippen molar-refractivity contribution in [1.29, 1.82) is 0 Å². The van der Waals surface area contributed by atoms with Crippen LogP contribution >= 0.6 is 0 Å². The molecule has 0 bridgehead atoms. The minimum atomic E-state index is -0.194. The Morgan fingerprint density at radius 2 is 1.93 bits per heavy atom. The zero-order valence-corrected chi connectivity index (χ0v) is 16.2. The summed E-state index contributed by atoms with van der Waals surface area (Å²) < 4.78 is 24.0. The lowest BCUT2D eigenvalue weighted by Gasteiger charge is -2.32. The number of hydrogen-bond donors (Lipinski definition) is 1. The third kappa shape index (κ3) is 5.70. The first-order chi connectivity index (χ1) is 13.7. The Hall–Kier alpha value is -2.60. The van der Waals surface area contributed by atoms with E-state index in [1.165, 1.54) is 6.07 Å². The van der Waals surface area contributed by atoms with Gasteiger partial charge in [0.1, 0.15) is 18.2 Å². The summed E-state index contributed by atoms with van der Waals surface area (Å²) in [7, 11) is 1.62. The lowest BCUT2D eigenvalue weighted by molar-refractivity contribution is 0.146. The van der Waals surface area contributed by atoms with E-state index in [9.17, 15) is 9.18 Å². The number of nitrogens with one attached hydrogen (secondary N) is 1. The third-order valence-corrected chi connectivity index (χ3v) is 4.99. The molecule has 0 aliphatic carbocycles. The molecule has 0 aromatic heterocycles. The summed E-state index contributed by atoms with van der Waals surface area (Å²) in [6.07, 6.45) is 2.68. The fourth-order valence-electron chi connectivity index (χ4n) is 3.46. The van der Waals surface area contributed by atoms with Gasteiger partial charge in [0.15, 0.2) is 0 Å². The number of para-hydroxylation sites is 2. The van der Waals surface area contributed by atoms with Gasteiger partial charge in [-0.1, -0.05) is 24.3 Å². The largest absolute Gasteiger partial charge is 0.489 e. The molecule has 0 radical (unpaired) electrons. The van der Waals surface area contributed by atoms with Crippen LogP contribution in [0.2, 0.25) is 0 Å². The van der Waals surface area contributed by atoms with Gasteiger partial charge in [0.05, 0.1) is 12.3 Å². The minimum Gasteiger partial charge on any atom is -0.489 e. The number of rotatable bonds is 7. The van der Waals surface area contributed by atoms with Crippen molar-refractivity contribution < 1.29 is 18.7 Å². The Labute approximate surface area is 165 Å². The number of urea groups is 1. The number of nitrogens with zero attached hydrogens (tertiary/aromatic N) is 1. The third-order valence-electron chi connectivity index (χ3n) is 4.99. The van der Waals surface area contributed by atoms with E-state index in [4.69, 9.17) is 9.47 Å². The molecule has 1 heterocycles. The molecule has 0 atom stereocenters. The lowest BCUT2D eigenvalue weighted by Crippen LogP contribution is -2.41. The predicted octanol–water partition coefficient (Wildman–Crippen LogP) is 4.34. The molecule has 2 amide bonds. The number of amides is 2. The molecule has 0 spiro atoms. The Morgan fingerprint density at radius 1 is 1.14 bits per heavy atom. The molecule has 1 fully saturated rings. The number of likely N-dealkylation sites (tertiary alicyclic amines) is 1. The van der Waals surface area contributed by atoms with Crippen LogP contribution < -0.4 is 10.1 Å². The van der Waals surface area contributed by atoms with E-state index in [2.05, 4.69) is 5.32 Å².